The Morgan fingerprint density at radius 1 is 1.12 bits per heavy atom. The number of carbonyl (C=O) groups excluding carboxylic acids is 1. The second kappa shape index (κ2) is 5.54. The van der Waals surface area contributed by atoms with Gasteiger partial charge < -0.3 is 9.64 Å². The summed E-state index contributed by atoms with van der Waals surface area (Å²) in [6, 6.07) is 3.46. The van der Waals surface area contributed by atoms with Gasteiger partial charge in [0.05, 0.1) is 29.2 Å². The van der Waals surface area contributed by atoms with Crippen molar-refractivity contribution in [2.75, 3.05) is 24.5 Å². The highest BCUT2D eigenvalue weighted by Gasteiger charge is 2.36. The number of anilines is 1. The number of nitrogens with zero attached hydrogens (tertiary/aromatic N) is 2. The van der Waals surface area contributed by atoms with Crippen LogP contribution in [-0.4, -0.2) is 50.5 Å². The Kier molecular flexibility index (Phi) is 3.71. The molecule has 3 aliphatic heterocycles. The first-order valence-corrected chi connectivity index (χ1v) is 9.92. The predicted molar refractivity (Wildman–Crippen MR) is 89.6 cm³/mol. The van der Waals surface area contributed by atoms with Crippen LogP contribution >= 0.6 is 0 Å². The van der Waals surface area contributed by atoms with Gasteiger partial charge in [0.25, 0.3) is 0 Å². The van der Waals surface area contributed by atoms with Gasteiger partial charge >= 0.3 is 0 Å². The highest BCUT2D eigenvalue weighted by molar-refractivity contribution is 7.89. The average Bonchev–Trinajstić information content (AvgIpc) is 2.84. The van der Waals surface area contributed by atoms with E-state index in [0.29, 0.717) is 24.4 Å². The Balaban J connectivity index is 1.75. The molecule has 24 heavy (non-hydrogen) atoms. The van der Waals surface area contributed by atoms with Crippen LogP contribution in [0.15, 0.2) is 17.0 Å². The maximum atomic E-state index is 13.1. The van der Waals surface area contributed by atoms with Crippen molar-refractivity contribution in [2.24, 2.45) is 0 Å². The molecule has 1 saturated heterocycles. The van der Waals surface area contributed by atoms with Gasteiger partial charge in [-0.3, -0.25) is 4.79 Å². The highest BCUT2D eigenvalue weighted by atomic mass is 32.2. The summed E-state index contributed by atoms with van der Waals surface area (Å²) < 4.78 is 33.4. The zero-order valence-electron chi connectivity index (χ0n) is 14.0. The Labute approximate surface area is 142 Å². The van der Waals surface area contributed by atoms with E-state index < -0.39 is 10.0 Å². The van der Waals surface area contributed by atoms with Crippen LogP contribution in [0.1, 0.15) is 31.4 Å². The monoisotopic (exact) mass is 350 g/mol. The van der Waals surface area contributed by atoms with Gasteiger partial charge in [-0.1, -0.05) is 0 Å². The summed E-state index contributed by atoms with van der Waals surface area (Å²) in [6.07, 6.45) is 1.78. The standard InChI is InChI=1S/C17H22N2O4S/c1-11-9-18(10-12(2)23-11)24(21,22)15-6-13-4-3-5-19-16(20)8-14(7-15)17(13)19/h6-7,11-12H,3-5,8-10H2,1-2H3/t11-,12-/m1/s1. The largest absolute Gasteiger partial charge is 0.373 e. The summed E-state index contributed by atoms with van der Waals surface area (Å²) >= 11 is 0. The van der Waals surface area contributed by atoms with Crippen molar-refractivity contribution in [1.82, 2.24) is 4.31 Å². The summed E-state index contributed by atoms with van der Waals surface area (Å²) in [5, 5.41) is 0. The molecule has 0 spiro atoms. The number of aryl methyl sites for hydroxylation is 1. The molecule has 1 amide bonds. The van der Waals surface area contributed by atoms with Crippen LogP contribution in [0.2, 0.25) is 0 Å². The topological polar surface area (TPSA) is 66.9 Å². The molecule has 1 aromatic carbocycles. The number of rotatable bonds is 2. The fourth-order valence-electron chi connectivity index (χ4n) is 4.07. The molecule has 3 aliphatic rings. The molecular formula is C17H22N2O4S. The third-order valence-electron chi connectivity index (χ3n) is 5.01. The molecule has 6 nitrogen and oxygen atoms in total. The van der Waals surface area contributed by atoms with Crippen LogP contribution in [0, 0.1) is 0 Å². The first kappa shape index (κ1) is 16.1. The number of morpholine rings is 1. The van der Waals surface area contributed by atoms with Crippen molar-refractivity contribution in [3.05, 3.63) is 23.3 Å². The lowest BCUT2D eigenvalue weighted by atomic mass is 10.0. The van der Waals surface area contributed by atoms with E-state index in [1.807, 2.05) is 18.7 Å². The number of hydrogen-bond donors (Lipinski definition) is 0. The quantitative estimate of drug-likeness (QED) is 0.807. The SMILES string of the molecule is C[C@@H]1CN(S(=O)(=O)c2cc3c4c(c2)CC(=O)N4CCC3)C[C@@H](C)O1. The summed E-state index contributed by atoms with van der Waals surface area (Å²) in [5.41, 5.74) is 2.79. The van der Waals surface area contributed by atoms with Crippen LogP contribution in [0.4, 0.5) is 5.69 Å². The van der Waals surface area contributed by atoms with Crippen LogP contribution in [-0.2, 0) is 32.4 Å². The van der Waals surface area contributed by atoms with Crippen LogP contribution < -0.4 is 4.90 Å². The highest BCUT2D eigenvalue weighted by Crippen LogP contribution is 2.39. The molecule has 1 fully saturated rings. The Bertz CT molecular complexity index is 795. The van der Waals surface area contributed by atoms with Gasteiger partial charge in [-0.05, 0) is 49.9 Å². The minimum Gasteiger partial charge on any atom is -0.373 e. The third kappa shape index (κ3) is 2.46. The molecule has 3 heterocycles. The Hall–Kier alpha value is -1.44. The summed E-state index contributed by atoms with van der Waals surface area (Å²) in [6.45, 7) is 5.25. The van der Waals surface area contributed by atoms with Crippen molar-refractivity contribution in [2.45, 2.75) is 50.2 Å². The molecule has 1 aromatic rings. The first-order chi connectivity index (χ1) is 11.4. The Morgan fingerprint density at radius 2 is 1.79 bits per heavy atom. The third-order valence-corrected chi connectivity index (χ3v) is 6.82. The van der Waals surface area contributed by atoms with Gasteiger partial charge in [0.15, 0.2) is 0 Å². The lowest BCUT2D eigenvalue weighted by Crippen LogP contribution is -2.48. The maximum Gasteiger partial charge on any atom is 0.243 e. The van der Waals surface area contributed by atoms with E-state index in [1.165, 1.54) is 4.31 Å². The van der Waals surface area contributed by atoms with E-state index in [4.69, 9.17) is 4.74 Å². The van der Waals surface area contributed by atoms with Crippen LogP contribution in [0.3, 0.4) is 0 Å². The minimum absolute atomic E-state index is 0.0779. The van der Waals surface area contributed by atoms with Gasteiger partial charge in [0, 0.05) is 19.6 Å². The second-order valence-electron chi connectivity index (χ2n) is 7.00. The van der Waals surface area contributed by atoms with Gasteiger partial charge in [0.1, 0.15) is 0 Å². The summed E-state index contributed by atoms with van der Waals surface area (Å²) in [5.74, 6) is 0.0779. The number of amides is 1. The van der Waals surface area contributed by atoms with Crippen LogP contribution in [0.5, 0.6) is 0 Å². The van der Waals surface area contributed by atoms with E-state index in [1.54, 1.807) is 12.1 Å². The zero-order chi connectivity index (χ0) is 17.1. The normalized spacial score (nSPS) is 27.4. The van der Waals surface area contributed by atoms with Gasteiger partial charge in [-0.25, -0.2) is 8.42 Å². The minimum atomic E-state index is -3.57. The average molecular weight is 350 g/mol. The maximum absolute atomic E-state index is 13.1. The smallest absolute Gasteiger partial charge is 0.243 e. The van der Waals surface area contributed by atoms with E-state index >= 15 is 0 Å². The predicted octanol–water partition coefficient (Wildman–Crippen LogP) is 1.32. The lowest BCUT2D eigenvalue weighted by Gasteiger charge is -2.34. The first-order valence-electron chi connectivity index (χ1n) is 8.48. The van der Waals surface area contributed by atoms with Gasteiger partial charge in [-0.2, -0.15) is 4.31 Å². The molecule has 130 valence electrons. The van der Waals surface area contributed by atoms with Crippen molar-refractivity contribution >= 4 is 21.6 Å². The van der Waals surface area contributed by atoms with Crippen molar-refractivity contribution in [1.29, 1.82) is 0 Å². The van der Waals surface area contributed by atoms with Gasteiger partial charge in [0.2, 0.25) is 15.9 Å². The van der Waals surface area contributed by atoms with Crippen molar-refractivity contribution in [3.63, 3.8) is 0 Å². The molecular weight excluding hydrogens is 328 g/mol. The molecule has 0 saturated carbocycles. The molecule has 0 aromatic heterocycles. The van der Waals surface area contributed by atoms with Crippen LogP contribution in [0.25, 0.3) is 0 Å². The molecule has 4 rings (SSSR count). The molecule has 7 heteroatoms. The lowest BCUT2D eigenvalue weighted by molar-refractivity contribution is -0.117. The van der Waals surface area contributed by atoms with E-state index in [2.05, 4.69) is 0 Å². The number of carbonyl (C=O) groups is 1. The number of benzene rings is 1. The summed E-state index contributed by atoms with van der Waals surface area (Å²) in [7, 11) is -3.57. The molecule has 0 radical (unpaired) electrons. The number of sulfonamides is 1. The Morgan fingerprint density at radius 3 is 2.50 bits per heavy atom. The molecule has 2 atom stereocenters. The van der Waals surface area contributed by atoms with Crippen molar-refractivity contribution < 1.29 is 17.9 Å². The van der Waals surface area contributed by atoms with E-state index in [-0.39, 0.29) is 18.1 Å². The number of ether oxygens (including phenoxy) is 1. The van der Waals surface area contributed by atoms with Gasteiger partial charge in [-0.15, -0.1) is 0 Å². The molecule has 0 N–H and O–H groups in total. The van der Waals surface area contributed by atoms with Crippen molar-refractivity contribution in [3.8, 4) is 0 Å². The van der Waals surface area contributed by atoms with E-state index in [9.17, 15) is 13.2 Å². The second-order valence-corrected chi connectivity index (χ2v) is 8.93. The fraction of sp³-hybridized carbons (Fsp3) is 0.588. The fourth-order valence-corrected chi connectivity index (χ4v) is 5.77. The molecule has 0 bridgehead atoms. The zero-order valence-corrected chi connectivity index (χ0v) is 14.8. The molecule has 0 aliphatic carbocycles. The van der Waals surface area contributed by atoms with E-state index in [0.717, 1.165) is 36.2 Å². The molecule has 0 unspecified atom stereocenters. The number of hydrogen-bond acceptors (Lipinski definition) is 4. The summed E-state index contributed by atoms with van der Waals surface area (Å²) in [4.78, 5) is 14.3.